The van der Waals surface area contributed by atoms with Crippen LogP contribution in [0.25, 0.3) is 0 Å². The number of methoxy groups -OCH3 is 1. The number of ether oxygens (including phenoxy) is 1. The fourth-order valence-corrected chi connectivity index (χ4v) is 2.75. The summed E-state index contributed by atoms with van der Waals surface area (Å²) < 4.78 is 27.1. The molecule has 0 bridgehead atoms. The van der Waals surface area contributed by atoms with Crippen molar-refractivity contribution in [1.82, 2.24) is 10.6 Å². The standard InChI is InChI=1S/C10H18N2O4S/c1-8(10(13)11-4-5-16-2)12-9-3-6-17(14,15)7-9/h3,6,8-9,12H,4-5,7H2,1-2H3,(H,11,13). The van der Waals surface area contributed by atoms with Gasteiger partial charge in [0.05, 0.1) is 18.4 Å². The number of amides is 1. The molecule has 1 heterocycles. The van der Waals surface area contributed by atoms with Crippen LogP contribution in [0.3, 0.4) is 0 Å². The number of rotatable bonds is 6. The van der Waals surface area contributed by atoms with E-state index in [9.17, 15) is 13.2 Å². The summed E-state index contributed by atoms with van der Waals surface area (Å²) in [5.41, 5.74) is 0. The van der Waals surface area contributed by atoms with Crippen LogP contribution < -0.4 is 10.6 Å². The van der Waals surface area contributed by atoms with Crippen molar-refractivity contribution in [3.63, 3.8) is 0 Å². The predicted octanol–water partition coefficient (Wildman–Crippen LogP) is -0.962. The average Bonchev–Trinajstić information content (AvgIpc) is 2.58. The highest BCUT2D eigenvalue weighted by Gasteiger charge is 2.24. The highest BCUT2D eigenvalue weighted by molar-refractivity contribution is 7.94. The van der Waals surface area contributed by atoms with Crippen LogP contribution in [-0.4, -0.2) is 52.4 Å². The molecule has 0 radical (unpaired) electrons. The first-order chi connectivity index (χ1) is 7.94. The molecule has 0 aromatic rings. The Hall–Kier alpha value is -0.920. The van der Waals surface area contributed by atoms with Crippen LogP contribution in [0.5, 0.6) is 0 Å². The van der Waals surface area contributed by atoms with Crippen molar-refractivity contribution in [2.45, 2.75) is 19.0 Å². The maximum atomic E-state index is 11.6. The Kier molecular flexibility index (Phi) is 5.10. The quantitative estimate of drug-likeness (QED) is 0.602. The third-order valence-corrected chi connectivity index (χ3v) is 3.79. The molecule has 0 aromatic carbocycles. The largest absolute Gasteiger partial charge is 0.383 e. The van der Waals surface area contributed by atoms with Gasteiger partial charge in [0.2, 0.25) is 5.91 Å². The molecule has 2 atom stereocenters. The molecule has 0 fully saturated rings. The maximum absolute atomic E-state index is 11.6. The fourth-order valence-electron chi connectivity index (χ4n) is 1.51. The summed E-state index contributed by atoms with van der Waals surface area (Å²) in [6.07, 6.45) is 1.56. The van der Waals surface area contributed by atoms with Gasteiger partial charge in [0, 0.05) is 25.1 Å². The number of nitrogens with one attached hydrogen (secondary N) is 2. The van der Waals surface area contributed by atoms with Gasteiger partial charge in [-0.2, -0.15) is 0 Å². The minimum atomic E-state index is -3.08. The normalized spacial score (nSPS) is 23.5. The molecule has 1 aliphatic heterocycles. The molecule has 1 rings (SSSR count). The van der Waals surface area contributed by atoms with Gasteiger partial charge in [-0.3, -0.25) is 10.1 Å². The second-order valence-electron chi connectivity index (χ2n) is 3.94. The first-order valence-corrected chi connectivity index (χ1v) is 7.10. The monoisotopic (exact) mass is 262 g/mol. The van der Waals surface area contributed by atoms with Crippen molar-refractivity contribution in [1.29, 1.82) is 0 Å². The predicted molar refractivity (Wildman–Crippen MR) is 64.2 cm³/mol. The van der Waals surface area contributed by atoms with Crippen LogP contribution >= 0.6 is 0 Å². The second-order valence-corrected chi connectivity index (χ2v) is 5.87. The van der Waals surface area contributed by atoms with Gasteiger partial charge in [0.1, 0.15) is 0 Å². The Bertz CT molecular complexity index is 391. The highest BCUT2D eigenvalue weighted by atomic mass is 32.2. The third-order valence-electron chi connectivity index (χ3n) is 2.39. The van der Waals surface area contributed by atoms with E-state index in [-0.39, 0.29) is 17.7 Å². The maximum Gasteiger partial charge on any atom is 0.236 e. The number of hydrogen-bond donors (Lipinski definition) is 2. The zero-order valence-electron chi connectivity index (χ0n) is 9.97. The minimum absolute atomic E-state index is 0.0166. The molecule has 2 unspecified atom stereocenters. The number of carbonyl (C=O) groups is 1. The first kappa shape index (κ1) is 14.1. The Morgan fingerprint density at radius 1 is 1.59 bits per heavy atom. The molecule has 1 amide bonds. The molecular formula is C10H18N2O4S. The van der Waals surface area contributed by atoms with Crippen molar-refractivity contribution in [2.75, 3.05) is 26.0 Å². The SMILES string of the molecule is COCCNC(=O)C(C)NC1C=CS(=O)(=O)C1. The number of carbonyl (C=O) groups excluding carboxylic acids is 1. The van der Waals surface area contributed by atoms with Crippen LogP contribution in [0.15, 0.2) is 11.5 Å². The lowest BCUT2D eigenvalue weighted by Gasteiger charge is -2.17. The summed E-state index contributed by atoms with van der Waals surface area (Å²) >= 11 is 0. The van der Waals surface area contributed by atoms with Crippen LogP contribution in [0, 0.1) is 0 Å². The van der Waals surface area contributed by atoms with Gasteiger partial charge < -0.3 is 10.1 Å². The Morgan fingerprint density at radius 2 is 2.29 bits per heavy atom. The van der Waals surface area contributed by atoms with Gasteiger partial charge in [0.25, 0.3) is 0 Å². The van der Waals surface area contributed by atoms with Crippen LogP contribution in [0.4, 0.5) is 0 Å². The molecule has 0 spiro atoms. The van der Waals surface area contributed by atoms with Crippen molar-refractivity contribution in [3.05, 3.63) is 11.5 Å². The van der Waals surface area contributed by atoms with E-state index < -0.39 is 15.9 Å². The van der Waals surface area contributed by atoms with E-state index in [1.807, 2.05) is 0 Å². The lowest BCUT2D eigenvalue weighted by molar-refractivity contribution is -0.123. The average molecular weight is 262 g/mol. The molecule has 0 aromatic heterocycles. The number of sulfone groups is 1. The molecule has 0 aliphatic carbocycles. The Labute approximate surface area is 101 Å². The van der Waals surface area contributed by atoms with E-state index in [2.05, 4.69) is 10.6 Å². The third kappa shape index (κ3) is 4.84. The van der Waals surface area contributed by atoms with E-state index in [0.717, 1.165) is 0 Å². The summed E-state index contributed by atoms with van der Waals surface area (Å²) in [4.78, 5) is 11.6. The lowest BCUT2D eigenvalue weighted by Crippen LogP contribution is -2.47. The molecule has 0 saturated carbocycles. The summed E-state index contributed by atoms with van der Waals surface area (Å²) in [5, 5.41) is 6.80. The van der Waals surface area contributed by atoms with E-state index in [1.54, 1.807) is 20.1 Å². The van der Waals surface area contributed by atoms with Gasteiger partial charge in [-0.05, 0) is 6.92 Å². The van der Waals surface area contributed by atoms with Crippen molar-refractivity contribution < 1.29 is 17.9 Å². The highest BCUT2D eigenvalue weighted by Crippen LogP contribution is 2.08. The molecule has 98 valence electrons. The summed E-state index contributed by atoms with van der Waals surface area (Å²) in [5.74, 6) is -0.150. The van der Waals surface area contributed by atoms with Crippen molar-refractivity contribution in [3.8, 4) is 0 Å². The topological polar surface area (TPSA) is 84.5 Å². The second kappa shape index (κ2) is 6.13. The van der Waals surface area contributed by atoms with Gasteiger partial charge >= 0.3 is 0 Å². The van der Waals surface area contributed by atoms with Crippen molar-refractivity contribution in [2.24, 2.45) is 0 Å². The van der Waals surface area contributed by atoms with Gasteiger partial charge in [0.15, 0.2) is 9.84 Å². The van der Waals surface area contributed by atoms with Crippen molar-refractivity contribution >= 4 is 15.7 Å². The van der Waals surface area contributed by atoms with Gasteiger partial charge in [-0.25, -0.2) is 8.42 Å². The molecule has 7 heteroatoms. The molecule has 1 aliphatic rings. The van der Waals surface area contributed by atoms with Crippen LogP contribution in [-0.2, 0) is 19.4 Å². The van der Waals surface area contributed by atoms with Crippen LogP contribution in [0.2, 0.25) is 0 Å². The molecule has 2 N–H and O–H groups in total. The fraction of sp³-hybridized carbons (Fsp3) is 0.700. The van der Waals surface area contributed by atoms with E-state index in [0.29, 0.717) is 13.2 Å². The van der Waals surface area contributed by atoms with Crippen LogP contribution in [0.1, 0.15) is 6.92 Å². The first-order valence-electron chi connectivity index (χ1n) is 5.38. The Balaban J connectivity index is 2.32. The van der Waals surface area contributed by atoms with E-state index >= 15 is 0 Å². The summed E-state index contributed by atoms with van der Waals surface area (Å²) in [6, 6.07) is -0.724. The lowest BCUT2D eigenvalue weighted by atomic mass is 10.2. The van der Waals surface area contributed by atoms with E-state index in [4.69, 9.17) is 4.74 Å². The van der Waals surface area contributed by atoms with Gasteiger partial charge in [-0.15, -0.1) is 0 Å². The molecule has 6 nitrogen and oxygen atoms in total. The van der Waals surface area contributed by atoms with E-state index in [1.165, 1.54) is 5.41 Å². The summed E-state index contributed by atoms with van der Waals surface area (Å²) in [6.45, 7) is 2.59. The zero-order chi connectivity index (χ0) is 12.9. The minimum Gasteiger partial charge on any atom is -0.383 e. The Morgan fingerprint density at radius 3 is 2.82 bits per heavy atom. The zero-order valence-corrected chi connectivity index (χ0v) is 10.8. The van der Waals surface area contributed by atoms with Gasteiger partial charge in [-0.1, -0.05) is 6.08 Å². The molecule has 17 heavy (non-hydrogen) atoms. The smallest absolute Gasteiger partial charge is 0.236 e. The summed E-state index contributed by atoms with van der Waals surface area (Å²) in [7, 11) is -1.52. The number of hydrogen-bond acceptors (Lipinski definition) is 5. The molecular weight excluding hydrogens is 244 g/mol. The molecule has 0 saturated heterocycles.